The molecule has 0 spiro atoms. The summed E-state index contributed by atoms with van der Waals surface area (Å²) in [6.07, 6.45) is 1.32. The van der Waals surface area contributed by atoms with Gasteiger partial charge in [0.05, 0.1) is 24.4 Å². The number of hydrogen-bond donors (Lipinski definition) is 0. The molecule has 0 radical (unpaired) electrons. The molecule has 2 aliphatic heterocycles. The summed E-state index contributed by atoms with van der Waals surface area (Å²) in [6, 6.07) is 0. The van der Waals surface area contributed by atoms with E-state index in [0.717, 1.165) is 13.0 Å². The van der Waals surface area contributed by atoms with E-state index in [9.17, 15) is 0 Å². The zero-order chi connectivity index (χ0) is 11.9. The topological polar surface area (TPSA) is 27.7 Å². The second-order valence-electron chi connectivity index (χ2n) is 6.18. The van der Waals surface area contributed by atoms with Crippen molar-refractivity contribution in [3.63, 3.8) is 0 Å². The van der Waals surface area contributed by atoms with Crippen molar-refractivity contribution in [2.75, 3.05) is 6.61 Å². The van der Waals surface area contributed by atoms with E-state index in [1.54, 1.807) is 0 Å². The minimum Gasteiger partial charge on any atom is -0.375 e. The van der Waals surface area contributed by atoms with Crippen LogP contribution in [0.2, 0.25) is 0 Å². The molecule has 2 fully saturated rings. The van der Waals surface area contributed by atoms with Crippen LogP contribution in [-0.2, 0) is 14.2 Å². The molecule has 3 nitrogen and oxygen atoms in total. The number of fused-ring (bicyclic) bond motifs is 1. The van der Waals surface area contributed by atoms with E-state index in [2.05, 4.69) is 34.6 Å². The van der Waals surface area contributed by atoms with E-state index < -0.39 is 0 Å². The average Bonchev–Trinajstić information content (AvgIpc) is 2.45. The number of rotatable bonds is 1. The highest BCUT2D eigenvalue weighted by Gasteiger charge is 2.45. The molecule has 2 rings (SSSR count). The summed E-state index contributed by atoms with van der Waals surface area (Å²) >= 11 is 0. The molecule has 0 saturated carbocycles. The van der Waals surface area contributed by atoms with Crippen molar-refractivity contribution < 1.29 is 14.2 Å². The summed E-state index contributed by atoms with van der Waals surface area (Å²) in [5.74, 6) is 1.22. The Bertz CT molecular complexity index is 246. The maximum atomic E-state index is 5.93. The van der Waals surface area contributed by atoms with Crippen LogP contribution in [0.1, 0.15) is 41.0 Å². The molecule has 0 aromatic heterocycles. The van der Waals surface area contributed by atoms with Crippen LogP contribution < -0.4 is 0 Å². The van der Waals surface area contributed by atoms with Gasteiger partial charge in [0.2, 0.25) is 0 Å². The van der Waals surface area contributed by atoms with Gasteiger partial charge in [-0.15, -0.1) is 0 Å². The van der Waals surface area contributed by atoms with E-state index >= 15 is 0 Å². The fourth-order valence-corrected chi connectivity index (χ4v) is 2.75. The lowest BCUT2D eigenvalue weighted by molar-refractivity contribution is -0.259. The lowest BCUT2D eigenvalue weighted by atomic mass is 9.85. The summed E-state index contributed by atoms with van der Waals surface area (Å²) in [5, 5.41) is 0. The zero-order valence-electron chi connectivity index (χ0n) is 11.0. The van der Waals surface area contributed by atoms with E-state index in [0.29, 0.717) is 11.8 Å². The third kappa shape index (κ3) is 2.58. The van der Waals surface area contributed by atoms with Crippen molar-refractivity contribution in [2.24, 2.45) is 11.8 Å². The van der Waals surface area contributed by atoms with Crippen LogP contribution in [0.25, 0.3) is 0 Å². The van der Waals surface area contributed by atoms with E-state index in [-0.39, 0.29) is 24.1 Å². The molecule has 0 aliphatic carbocycles. The molecule has 0 aromatic rings. The first-order valence-electron chi connectivity index (χ1n) is 6.32. The van der Waals surface area contributed by atoms with Crippen LogP contribution in [0.3, 0.4) is 0 Å². The van der Waals surface area contributed by atoms with E-state index in [4.69, 9.17) is 14.2 Å². The van der Waals surface area contributed by atoms with Gasteiger partial charge in [-0.2, -0.15) is 0 Å². The standard InChI is InChI=1S/C13H24O3/c1-8-7-14-12-9(2)15-11(6-10(8)12)16-13(3,4)5/h8-12H,6-7H2,1-5H3/t8-,9-,10-,11-,12-/m1/s1. The lowest BCUT2D eigenvalue weighted by Crippen LogP contribution is -2.45. The molecule has 2 saturated heterocycles. The second kappa shape index (κ2) is 4.28. The van der Waals surface area contributed by atoms with Gasteiger partial charge in [0.25, 0.3) is 0 Å². The highest BCUT2D eigenvalue weighted by molar-refractivity contribution is 4.89. The average molecular weight is 228 g/mol. The van der Waals surface area contributed by atoms with Gasteiger partial charge in [-0.05, 0) is 39.5 Å². The van der Waals surface area contributed by atoms with E-state index in [1.807, 2.05) is 0 Å². The molecule has 0 bridgehead atoms. The van der Waals surface area contributed by atoms with E-state index in [1.165, 1.54) is 0 Å². The summed E-state index contributed by atoms with van der Waals surface area (Å²) in [4.78, 5) is 0. The van der Waals surface area contributed by atoms with Gasteiger partial charge >= 0.3 is 0 Å². The summed E-state index contributed by atoms with van der Waals surface area (Å²) in [5.41, 5.74) is -0.139. The van der Waals surface area contributed by atoms with Crippen molar-refractivity contribution in [2.45, 2.75) is 65.1 Å². The number of hydrogen-bond acceptors (Lipinski definition) is 3. The van der Waals surface area contributed by atoms with Crippen molar-refractivity contribution in [3.05, 3.63) is 0 Å². The first-order valence-corrected chi connectivity index (χ1v) is 6.32. The van der Waals surface area contributed by atoms with Crippen molar-refractivity contribution in [1.29, 1.82) is 0 Å². The Balaban J connectivity index is 1.99. The highest BCUT2D eigenvalue weighted by atomic mass is 16.7. The van der Waals surface area contributed by atoms with Gasteiger partial charge in [0.1, 0.15) is 0 Å². The van der Waals surface area contributed by atoms with Crippen molar-refractivity contribution >= 4 is 0 Å². The molecule has 16 heavy (non-hydrogen) atoms. The quantitative estimate of drug-likeness (QED) is 0.690. The SMILES string of the molecule is C[C@@H]1CO[C@H]2[C@@H]1C[C@@H](OC(C)(C)C)O[C@@H]2C. The minimum absolute atomic E-state index is 0.0691. The van der Waals surface area contributed by atoms with Gasteiger partial charge < -0.3 is 14.2 Å². The maximum absolute atomic E-state index is 5.93. The Hall–Kier alpha value is -0.120. The molecule has 5 atom stereocenters. The van der Waals surface area contributed by atoms with Crippen molar-refractivity contribution in [1.82, 2.24) is 0 Å². The normalized spacial score (nSPS) is 44.4. The van der Waals surface area contributed by atoms with Gasteiger partial charge in [-0.1, -0.05) is 6.92 Å². The van der Waals surface area contributed by atoms with Gasteiger partial charge in [-0.25, -0.2) is 0 Å². The molecule has 2 heterocycles. The Morgan fingerprint density at radius 1 is 1.19 bits per heavy atom. The predicted octanol–water partition coefficient (Wildman–Crippen LogP) is 2.59. The molecular weight excluding hydrogens is 204 g/mol. The zero-order valence-corrected chi connectivity index (χ0v) is 11.0. The summed E-state index contributed by atoms with van der Waals surface area (Å²) in [7, 11) is 0. The van der Waals surface area contributed by atoms with Crippen LogP contribution in [0.5, 0.6) is 0 Å². The highest BCUT2D eigenvalue weighted by Crippen LogP contribution is 2.39. The predicted molar refractivity (Wildman–Crippen MR) is 62.2 cm³/mol. The second-order valence-corrected chi connectivity index (χ2v) is 6.18. The van der Waals surface area contributed by atoms with Crippen LogP contribution in [0, 0.1) is 11.8 Å². The monoisotopic (exact) mass is 228 g/mol. The molecular formula is C13H24O3. The van der Waals surface area contributed by atoms with Gasteiger partial charge in [-0.3, -0.25) is 0 Å². The Kier molecular flexibility index (Phi) is 3.30. The summed E-state index contributed by atoms with van der Waals surface area (Å²) in [6.45, 7) is 11.4. The van der Waals surface area contributed by atoms with Crippen LogP contribution in [0.15, 0.2) is 0 Å². The molecule has 94 valence electrons. The molecule has 0 aromatic carbocycles. The third-order valence-corrected chi connectivity index (χ3v) is 3.48. The first-order chi connectivity index (χ1) is 7.37. The van der Waals surface area contributed by atoms with Gasteiger partial charge in [0, 0.05) is 6.42 Å². The van der Waals surface area contributed by atoms with Crippen molar-refractivity contribution in [3.8, 4) is 0 Å². The Morgan fingerprint density at radius 3 is 2.50 bits per heavy atom. The smallest absolute Gasteiger partial charge is 0.159 e. The maximum Gasteiger partial charge on any atom is 0.159 e. The van der Waals surface area contributed by atoms with Crippen LogP contribution >= 0.6 is 0 Å². The summed E-state index contributed by atoms with van der Waals surface area (Å²) < 4.78 is 17.6. The molecule has 2 aliphatic rings. The van der Waals surface area contributed by atoms with Crippen LogP contribution in [0.4, 0.5) is 0 Å². The fraction of sp³-hybridized carbons (Fsp3) is 1.00. The Morgan fingerprint density at radius 2 is 1.88 bits per heavy atom. The van der Waals surface area contributed by atoms with Gasteiger partial charge in [0.15, 0.2) is 6.29 Å². The Labute approximate surface area is 98.4 Å². The molecule has 0 N–H and O–H groups in total. The third-order valence-electron chi connectivity index (χ3n) is 3.48. The molecule has 3 heteroatoms. The largest absolute Gasteiger partial charge is 0.375 e. The minimum atomic E-state index is -0.139. The van der Waals surface area contributed by atoms with Crippen LogP contribution in [-0.4, -0.2) is 30.7 Å². The molecule has 0 amide bonds. The number of ether oxygens (including phenoxy) is 3. The molecule has 0 unspecified atom stereocenters. The lowest BCUT2D eigenvalue weighted by Gasteiger charge is -2.39. The fourth-order valence-electron chi connectivity index (χ4n) is 2.75. The first kappa shape index (κ1) is 12.3.